The van der Waals surface area contributed by atoms with Crippen molar-refractivity contribution < 1.29 is 21.7 Å². The monoisotopic (exact) mass is 291 g/mol. The van der Waals surface area contributed by atoms with Crippen molar-refractivity contribution in [3.05, 3.63) is 59.9 Å². The molecule has 102 valence electrons. The fourth-order valence-electron chi connectivity index (χ4n) is 1.45. The molecule has 0 amide bonds. The molecule has 6 nitrogen and oxygen atoms in total. The second-order valence-electron chi connectivity index (χ2n) is 3.91. The molecule has 0 radical (unpaired) electrons. The first kappa shape index (κ1) is 14.0. The Morgan fingerprint density at radius 3 is 2.05 bits per heavy atom. The summed E-state index contributed by atoms with van der Waals surface area (Å²) < 4.78 is 31.1. The van der Waals surface area contributed by atoms with Crippen LogP contribution in [-0.2, 0) is 10.3 Å². The molecule has 1 aromatic carbocycles. The number of hydrogen-bond acceptors (Lipinski definition) is 4. The number of aliphatic imine (C=N–C) groups is 1. The van der Waals surface area contributed by atoms with Gasteiger partial charge in [-0.1, -0.05) is 28.2 Å². The molecule has 0 bridgehead atoms. The van der Waals surface area contributed by atoms with Gasteiger partial charge in [0.2, 0.25) is 0 Å². The van der Waals surface area contributed by atoms with Crippen LogP contribution >= 0.6 is 0 Å². The minimum Gasteiger partial charge on any atom is -0.298 e. The summed E-state index contributed by atoms with van der Waals surface area (Å²) in [7, 11) is -4.26. The Hall–Kier alpha value is -2.38. The molecule has 0 spiro atoms. The number of carbonyl (C=O) groups is 1. The fraction of sp³-hybridized carbons (Fsp3) is 0. The van der Waals surface area contributed by atoms with Gasteiger partial charge in [-0.2, -0.15) is 0 Å². The van der Waals surface area contributed by atoms with Crippen LogP contribution in [0.4, 0.5) is 5.69 Å². The zero-order valence-electron chi connectivity index (χ0n) is 10.2. The summed E-state index contributed by atoms with van der Waals surface area (Å²) >= 11 is 0. The van der Waals surface area contributed by atoms with Crippen LogP contribution in [0, 0.1) is 0 Å². The van der Waals surface area contributed by atoms with Gasteiger partial charge in [0.25, 0.3) is 0 Å². The number of aldehydes is 1. The number of aromatic nitrogens is 1. The molecule has 1 heterocycles. The molecule has 2 rings (SSSR count). The summed E-state index contributed by atoms with van der Waals surface area (Å²) in [5, 5.41) is 0. The summed E-state index contributed by atoms with van der Waals surface area (Å²) in [6.45, 7) is 0. The van der Waals surface area contributed by atoms with Crippen molar-refractivity contribution in [2.24, 2.45) is 4.99 Å². The quantitative estimate of drug-likeness (QED) is 0.396. The van der Waals surface area contributed by atoms with Gasteiger partial charge in [0.05, 0.1) is 5.69 Å². The van der Waals surface area contributed by atoms with E-state index in [1.54, 1.807) is 30.5 Å². The van der Waals surface area contributed by atoms with Gasteiger partial charge in [0.15, 0.2) is 12.4 Å². The lowest BCUT2D eigenvalue weighted by molar-refractivity contribution is -0.519. The Balaban J connectivity index is 2.16. The second kappa shape index (κ2) is 5.72. The number of carbonyl (C=O) groups excluding carboxylic acids is 1. The van der Waals surface area contributed by atoms with Crippen molar-refractivity contribution in [2.45, 2.75) is 0 Å². The van der Waals surface area contributed by atoms with E-state index in [1.807, 2.05) is 0 Å². The molecular weight excluding hydrogens is 280 g/mol. The van der Waals surface area contributed by atoms with Crippen LogP contribution in [-0.4, -0.2) is 25.5 Å². The number of benzene rings is 1. The van der Waals surface area contributed by atoms with E-state index in [0.29, 0.717) is 15.2 Å². The largest absolute Gasteiger partial charge is 0.511 e. The van der Waals surface area contributed by atoms with E-state index >= 15 is 0 Å². The zero-order chi connectivity index (χ0) is 14.6. The number of nitrogens with zero attached hydrogens (tertiary/aromatic N) is 2. The van der Waals surface area contributed by atoms with Crippen LogP contribution in [0.3, 0.4) is 0 Å². The first-order valence-corrected chi connectivity index (χ1v) is 6.97. The van der Waals surface area contributed by atoms with Crippen LogP contribution in [0.25, 0.3) is 0 Å². The van der Waals surface area contributed by atoms with Gasteiger partial charge in [-0.25, -0.2) is 4.55 Å². The van der Waals surface area contributed by atoms with Gasteiger partial charge >= 0.3 is 10.3 Å². The lowest BCUT2D eigenvalue weighted by atomic mass is 10.2. The fourth-order valence-corrected chi connectivity index (χ4v) is 1.88. The maximum absolute atomic E-state index is 10.8. The van der Waals surface area contributed by atoms with Crippen molar-refractivity contribution >= 4 is 28.5 Å². The third-order valence-corrected chi connectivity index (χ3v) is 3.26. The molecule has 0 aliphatic heterocycles. The summed E-state index contributed by atoms with van der Waals surface area (Å²) in [4.78, 5) is 14.7. The minimum atomic E-state index is -4.26. The van der Waals surface area contributed by atoms with E-state index in [1.165, 1.54) is 24.5 Å². The zero-order valence-corrected chi connectivity index (χ0v) is 11.1. The molecule has 0 aliphatic carbocycles. The van der Waals surface area contributed by atoms with Gasteiger partial charge in [0.1, 0.15) is 6.29 Å². The SMILES string of the molecule is O=Cc1ccc(C=Nc2cc[n+](S(=O)(=O)O)cc2)cc1. The predicted molar refractivity (Wildman–Crippen MR) is 72.7 cm³/mol. The molecule has 20 heavy (non-hydrogen) atoms. The Morgan fingerprint density at radius 2 is 1.55 bits per heavy atom. The lowest BCUT2D eigenvalue weighted by Crippen LogP contribution is -2.40. The number of hydrogen-bond donors (Lipinski definition) is 1. The topological polar surface area (TPSA) is 87.7 Å². The maximum atomic E-state index is 10.8. The first-order chi connectivity index (χ1) is 9.49. The molecule has 0 atom stereocenters. The van der Waals surface area contributed by atoms with Gasteiger partial charge in [-0.05, 0) is 5.56 Å². The van der Waals surface area contributed by atoms with Gasteiger partial charge < -0.3 is 0 Å². The highest BCUT2D eigenvalue weighted by Crippen LogP contribution is 2.08. The van der Waals surface area contributed by atoms with Crippen LogP contribution in [0.5, 0.6) is 0 Å². The molecule has 0 aliphatic rings. The summed E-state index contributed by atoms with van der Waals surface area (Å²) in [6, 6.07) is 9.73. The molecule has 7 heteroatoms. The average Bonchev–Trinajstić information content (AvgIpc) is 2.45. The third-order valence-electron chi connectivity index (χ3n) is 2.49. The van der Waals surface area contributed by atoms with E-state index in [9.17, 15) is 13.2 Å². The van der Waals surface area contributed by atoms with E-state index in [-0.39, 0.29) is 0 Å². The van der Waals surface area contributed by atoms with E-state index in [4.69, 9.17) is 4.55 Å². The molecule has 0 unspecified atom stereocenters. The van der Waals surface area contributed by atoms with Crippen LogP contribution in [0.1, 0.15) is 15.9 Å². The highest BCUT2D eigenvalue weighted by atomic mass is 32.2. The first-order valence-electron chi connectivity index (χ1n) is 5.58. The van der Waals surface area contributed by atoms with Gasteiger partial charge in [-0.3, -0.25) is 9.79 Å². The van der Waals surface area contributed by atoms with Gasteiger partial charge in [0, 0.05) is 23.9 Å². The standard InChI is InChI=1S/C13H10N2O4S/c16-10-12-3-1-11(2-4-12)9-14-13-5-7-15(8-6-13)20(17,18)19/h1-10H/p+1. The summed E-state index contributed by atoms with van der Waals surface area (Å²) in [5.41, 5.74) is 1.92. The van der Waals surface area contributed by atoms with Crippen LogP contribution < -0.4 is 3.97 Å². The smallest absolute Gasteiger partial charge is 0.298 e. The Morgan fingerprint density at radius 1 is 1.00 bits per heavy atom. The Labute approximate surface area is 115 Å². The molecule has 0 saturated heterocycles. The van der Waals surface area contributed by atoms with Crippen molar-refractivity contribution in [1.29, 1.82) is 0 Å². The van der Waals surface area contributed by atoms with E-state index in [0.717, 1.165) is 11.8 Å². The predicted octanol–water partition coefficient (Wildman–Crippen LogP) is 1.19. The molecule has 1 N–H and O–H groups in total. The lowest BCUT2D eigenvalue weighted by Gasteiger charge is -1.94. The van der Waals surface area contributed by atoms with Crippen LogP contribution in [0.2, 0.25) is 0 Å². The van der Waals surface area contributed by atoms with Crippen molar-refractivity contribution in [2.75, 3.05) is 0 Å². The highest BCUT2D eigenvalue weighted by molar-refractivity contribution is 7.79. The van der Waals surface area contributed by atoms with Crippen molar-refractivity contribution in [3.8, 4) is 0 Å². The van der Waals surface area contributed by atoms with Crippen molar-refractivity contribution in [3.63, 3.8) is 0 Å². The van der Waals surface area contributed by atoms with Crippen LogP contribution in [0.15, 0.2) is 53.8 Å². The minimum absolute atomic E-state index is 0.532. The van der Waals surface area contributed by atoms with E-state index < -0.39 is 10.3 Å². The summed E-state index contributed by atoms with van der Waals surface area (Å²) in [6.07, 6.45) is 4.73. The molecule has 1 aromatic heterocycles. The Kier molecular flexibility index (Phi) is 4.02. The second-order valence-corrected chi connectivity index (χ2v) is 5.22. The Bertz CT molecular complexity index is 735. The van der Waals surface area contributed by atoms with Crippen molar-refractivity contribution in [1.82, 2.24) is 0 Å². The third kappa shape index (κ3) is 3.56. The normalized spacial score (nSPS) is 11.7. The average molecular weight is 291 g/mol. The number of pyridine rings is 1. The molecular formula is C13H11N2O4S+. The molecule has 0 fully saturated rings. The van der Waals surface area contributed by atoms with E-state index in [2.05, 4.69) is 4.99 Å². The summed E-state index contributed by atoms with van der Waals surface area (Å²) in [5.74, 6) is 0. The van der Waals surface area contributed by atoms with Gasteiger partial charge in [-0.15, -0.1) is 8.42 Å². The molecule has 0 saturated carbocycles. The highest BCUT2D eigenvalue weighted by Gasteiger charge is 2.15. The molecule has 2 aromatic rings. The maximum Gasteiger partial charge on any atom is 0.511 e. The number of rotatable bonds is 4.